The van der Waals surface area contributed by atoms with E-state index in [-0.39, 0.29) is 54.8 Å². The van der Waals surface area contributed by atoms with Gasteiger partial charge in [0.1, 0.15) is 23.9 Å². The van der Waals surface area contributed by atoms with Crippen molar-refractivity contribution in [2.24, 2.45) is 0 Å². The number of ether oxygens (including phenoxy) is 1. The third kappa shape index (κ3) is 4.75. The molecule has 0 fully saturated rings. The number of aliphatic hydroxyl groups excluding tert-OH is 2. The van der Waals surface area contributed by atoms with Crippen LogP contribution in [0, 0.1) is 18.6 Å². The van der Waals surface area contributed by atoms with Crippen molar-refractivity contribution >= 4 is 11.4 Å². The van der Waals surface area contributed by atoms with Gasteiger partial charge in [-0.3, -0.25) is 9.20 Å². The number of pyridine rings is 1. The lowest BCUT2D eigenvalue weighted by molar-refractivity contribution is 0.0905. The van der Waals surface area contributed by atoms with E-state index in [2.05, 4.69) is 20.4 Å². The molecule has 2 N–H and O–H groups in total. The molecule has 0 spiro atoms. The molecule has 10 nitrogen and oxygen atoms in total. The number of carbonyl (C=O) groups is 1. The Morgan fingerprint density at radius 3 is 2.60 bits per heavy atom. The highest BCUT2D eigenvalue weighted by molar-refractivity contribution is 5.97. The van der Waals surface area contributed by atoms with Gasteiger partial charge in [-0.2, -0.15) is 4.80 Å². The summed E-state index contributed by atoms with van der Waals surface area (Å²) in [5.74, 6) is -1.36. The molecule has 1 aromatic carbocycles. The predicted molar refractivity (Wildman–Crippen MR) is 119 cm³/mol. The third-order valence-corrected chi connectivity index (χ3v) is 5.68. The Labute approximate surface area is 198 Å². The summed E-state index contributed by atoms with van der Waals surface area (Å²) in [6.45, 7) is 2.48. The fourth-order valence-corrected chi connectivity index (χ4v) is 3.74. The van der Waals surface area contributed by atoms with Crippen molar-refractivity contribution in [3.8, 4) is 5.75 Å². The average Bonchev–Trinajstić information content (AvgIpc) is 3.43. The van der Waals surface area contributed by atoms with Crippen LogP contribution in [0.3, 0.4) is 0 Å². The van der Waals surface area contributed by atoms with E-state index < -0.39 is 23.7 Å². The summed E-state index contributed by atoms with van der Waals surface area (Å²) in [4.78, 5) is 19.0. The molecule has 3 aromatic heterocycles. The maximum Gasteiger partial charge on any atom is 0.183 e. The van der Waals surface area contributed by atoms with Gasteiger partial charge in [0.15, 0.2) is 23.0 Å². The van der Waals surface area contributed by atoms with Crippen LogP contribution in [0.15, 0.2) is 36.5 Å². The number of ketones is 1. The van der Waals surface area contributed by atoms with Gasteiger partial charge < -0.3 is 14.9 Å². The molecule has 0 aliphatic carbocycles. The van der Waals surface area contributed by atoms with E-state index in [1.165, 1.54) is 10.9 Å². The second-order valence-corrected chi connectivity index (χ2v) is 8.35. The number of hydrogen-bond donors (Lipinski definition) is 2. The lowest BCUT2D eigenvalue weighted by Crippen LogP contribution is -2.32. The number of benzene rings is 1. The van der Waals surface area contributed by atoms with Gasteiger partial charge in [0.2, 0.25) is 0 Å². The van der Waals surface area contributed by atoms with E-state index in [4.69, 9.17) is 9.84 Å². The standard InChI is InChI=1S/C23H24F2N6O4/c1-14-20(18(34)11-23(2,13-33)22-27-29-31(28-22)9-10-32)30-8-4-7-19(21(30)26-14)35-12-15-16(24)5-3-6-17(15)25/h3-8,32-33H,9-13H2,1-2H3. The van der Waals surface area contributed by atoms with E-state index in [9.17, 15) is 18.7 Å². The Bertz CT molecular complexity index is 1350. The van der Waals surface area contributed by atoms with Gasteiger partial charge >= 0.3 is 0 Å². The molecule has 12 heteroatoms. The number of Topliss-reactive ketones (excluding diaryl/α,β-unsaturated/α-hetero) is 1. The van der Waals surface area contributed by atoms with Crippen LogP contribution in [-0.4, -0.2) is 58.8 Å². The molecule has 4 aromatic rings. The summed E-state index contributed by atoms with van der Waals surface area (Å²) in [5.41, 5.74) is -0.347. The highest BCUT2D eigenvalue weighted by Crippen LogP contribution is 2.29. The Morgan fingerprint density at radius 2 is 1.91 bits per heavy atom. The number of tetrazole rings is 1. The van der Waals surface area contributed by atoms with Crippen LogP contribution in [0.5, 0.6) is 5.75 Å². The lowest BCUT2D eigenvalue weighted by Gasteiger charge is -2.22. The molecular weight excluding hydrogens is 462 g/mol. The summed E-state index contributed by atoms with van der Waals surface area (Å²) in [5, 5.41) is 31.0. The van der Waals surface area contributed by atoms with Crippen molar-refractivity contribution in [2.45, 2.75) is 38.8 Å². The minimum absolute atomic E-state index is 0.133. The van der Waals surface area contributed by atoms with Crippen LogP contribution in [0.1, 0.15) is 40.9 Å². The number of aliphatic hydroxyl groups is 2. The summed E-state index contributed by atoms with van der Waals surface area (Å²) >= 11 is 0. The molecule has 3 heterocycles. The number of hydrogen-bond acceptors (Lipinski definition) is 8. The normalized spacial score (nSPS) is 13.2. The molecular formula is C23H24F2N6O4. The molecule has 0 saturated carbocycles. The first-order valence-corrected chi connectivity index (χ1v) is 10.8. The number of fused-ring (bicyclic) bond motifs is 1. The van der Waals surface area contributed by atoms with Crippen LogP contribution < -0.4 is 4.74 Å². The van der Waals surface area contributed by atoms with Gasteiger partial charge in [0.25, 0.3) is 0 Å². The number of halogens is 2. The second-order valence-electron chi connectivity index (χ2n) is 8.35. The van der Waals surface area contributed by atoms with E-state index in [1.54, 1.807) is 36.6 Å². The first-order valence-electron chi connectivity index (χ1n) is 10.8. The third-order valence-electron chi connectivity index (χ3n) is 5.68. The van der Waals surface area contributed by atoms with Crippen molar-refractivity contribution in [1.82, 2.24) is 29.6 Å². The number of aromatic nitrogens is 6. The molecule has 1 unspecified atom stereocenters. The van der Waals surface area contributed by atoms with Crippen LogP contribution in [0.2, 0.25) is 0 Å². The first kappa shape index (κ1) is 24.4. The Balaban J connectivity index is 1.62. The number of aryl methyl sites for hydroxylation is 1. The maximum atomic E-state index is 14.0. The SMILES string of the molecule is Cc1nc2c(OCc3c(F)cccc3F)cccn2c1C(=O)CC(C)(CO)c1nnn(CCO)n1. The van der Waals surface area contributed by atoms with Crippen molar-refractivity contribution in [2.75, 3.05) is 13.2 Å². The van der Waals surface area contributed by atoms with Crippen LogP contribution in [-0.2, 0) is 18.6 Å². The van der Waals surface area contributed by atoms with Crippen molar-refractivity contribution < 1.29 is 28.5 Å². The monoisotopic (exact) mass is 486 g/mol. The molecule has 184 valence electrons. The number of rotatable bonds is 10. The Kier molecular flexibility index (Phi) is 6.85. The highest BCUT2D eigenvalue weighted by Gasteiger charge is 2.35. The largest absolute Gasteiger partial charge is 0.485 e. The summed E-state index contributed by atoms with van der Waals surface area (Å²) in [6, 6.07) is 6.79. The van der Waals surface area contributed by atoms with Crippen LogP contribution in [0.25, 0.3) is 5.65 Å². The molecule has 1 atom stereocenters. The topological polar surface area (TPSA) is 128 Å². The van der Waals surface area contributed by atoms with Crippen LogP contribution >= 0.6 is 0 Å². The van der Waals surface area contributed by atoms with Crippen molar-refractivity contribution in [3.05, 3.63) is 70.9 Å². The molecule has 0 bridgehead atoms. The van der Waals surface area contributed by atoms with Crippen LogP contribution in [0.4, 0.5) is 8.78 Å². The fraction of sp³-hybridized carbons (Fsp3) is 0.348. The summed E-state index contributed by atoms with van der Waals surface area (Å²) in [7, 11) is 0. The molecule has 0 radical (unpaired) electrons. The summed E-state index contributed by atoms with van der Waals surface area (Å²) < 4.78 is 35.2. The smallest absolute Gasteiger partial charge is 0.183 e. The quantitative estimate of drug-likeness (QED) is 0.326. The number of nitrogens with zero attached hydrogens (tertiary/aromatic N) is 6. The molecule has 0 aliphatic rings. The van der Waals surface area contributed by atoms with Gasteiger partial charge in [0.05, 0.1) is 36.4 Å². The van der Waals surface area contributed by atoms with E-state index in [0.717, 1.165) is 12.1 Å². The maximum absolute atomic E-state index is 14.0. The molecule has 4 rings (SSSR count). The van der Waals surface area contributed by atoms with Crippen molar-refractivity contribution in [3.63, 3.8) is 0 Å². The van der Waals surface area contributed by atoms with Gasteiger partial charge in [-0.15, -0.1) is 10.2 Å². The Morgan fingerprint density at radius 1 is 1.17 bits per heavy atom. The Hall–Kier alpha value is -3.77. The summed E-state index contributed by atoms with van der Waals surface area (Å²) in [6.07, 6.45) is 1.49. The lowest BCUT2D eigenvalue weighted by atomic mass is 9.84. The number of carbonyl (C=O) groups excluding carboxylic acids is 1. The zero-order chi connectivity index (χ0) is 25.2. The number of imidazole rings is 1. The highest BCUT2D eigenvalue weighted by atomic mass is 19.1. The molecule has 0 aliphatic heterocycles. The molecule has 35 heavy (non-hydrogen) atoms. The minimum atomic E-state index is -1.13. The predicted octanol–water partition coefficient (Wildman–Crippen LogP) is 2.00. The van der Waals surface area contributed by atoms with Gasteiger partial charge in [-0.25, -0.2) is 13.8 Å². The average molecular weight is 486 g/mol. The molecule has 0 amide bonds. The van der Waals surface area contributed by atoms with Gasteiger partial charge in [-0.05, 0) is 43.3 Å². The fourth-order valence-electron chi connectivity index (χ4n) is 3.74. The molecule has 0 saturated heterocycles. The van der Waals surface area contributed by atoms with Gasteiger partial charge in [-0.1, -0.05) is 6.07 Å². The first-order chi connectivity index (χ1) is 16.8. The van der Waals surface area contributed by atoms with E-state index in [0.29, 0.717) is 11.3 Å². The van der Waals surface area contributed by atoms with Crippen molar-refractivity contribution in [1.29, 1.82) is 0 Å². The van der Waals surface area contributed by atoms with E-state index in [1.807, 2.05) is 0 Å². The van der Waals surface area contributed by atoms with Gasteiger partial charge in [0, 0.05) is 12.6 Å². The van der Waals surface area contributed by atoms with E-state index >= 15 is 0 Å². The second kappa shape index (κ2) is 9.84. The zero-order valence-corrected chi connectivity index (χ0v) is 19.1. The minimum Gasteiger partial charge on any atom is -0.485 e. The zero-order valence-electron chi connectivity index (χ0n) is 19.1.